The molecule has 34 heavy (non-hydrogen) atoms. The number of nitro benzene ring substituents is 1. The van der Waals surface area contributed by atoms with E-state index in [1.165, 1.54) is 17.7 Å². The second kappa shape index (κ2) is 8.34. The molecule has 7 heteroatoms. The van der Waals surface area contributed by atoms with E-state index in [2.05, 4.69) is 27.5 Å². The highest BCUT2D eigenvalue weighted by Gasteiger charge is 2.13. The lowest BCUT2D eigenvalue weighted by molar-refractivity contribution is -0.384. The predicted molar refractivity (Wildman–Crippen MR) is 133 cm³/mol. The van der Waals surface area contributed by atoms with Gasteiger partial charge in [0.05, 0.1) is 21.5 Å². The van der Waals surface area contributed by atoms with Gasteiger partial charge in [-0.1, -0.05) is 30.3 Å². The first-order valence-corrected chi connectivity index (χ1v) is 10.8. The lowest BCUT2D eigenvalue weighted by Gasteiger charge is -2.05. The SMILES string of the molecule is Cc1cc2nc(C(C#N)=Cc3cn(Cc4ccc([N+](=O)[O-])cc4)c4ccccc34)[nH]c2cc1C. The van der Waals surface area contributed by atoms with Gasteiger partial charge in [-0.3, -0.25) is 10.1 Å². The third kappa shape index (κ3) is 3.82. The van der Waals surface area contributed by atoms with E-state index < -0.39 is 4.92 Å². The van der Waals surface area contributed by atoms with E-state index in [-0.39, 0.29) is 5.69 Å². The summed E-state index contributed by atoms with van der Waals surface area (Å²) in [5.41, 5.74) is 7.44. The number of rotatable bonds is 5. The van der Waals surface area contributed by atoms with Crippen LogP contribution < -0.4 is 0 Å². The second-order valence-corrected chi connectivity index (χ2v) is 8.36. The highest BCUT2D eigenvalue weighted by molar-refractivity contribution is 5.98. The number of hydrogen-bond donors (Lipinski definition) is 1. The summed E-state index contributed by atoms with van der Waals surface area (Å²) in [7, 11) is 0. The summed E-state index contributed by atoms with van der Waals surface area (Å²) in [4.78, 5) is 18.5. The zero-order valence-corrected chi connectivity index (χ0v) is 18.7. The van der Waals surface area contributed by atoms with Crippen molar-refractivity contribution in [2.45, 2.75) is 20.4 Å². The fourth-order valence-electron chi connectivity index (χ4n) is 4.15. The van der Waals surface area contributed by atoms with Crippen LogP contribution in [-0.4, -0.2) is 19.5 Å². The summed E-state index contributed by atoms with van der Waals surface area (Å²) in [6.45, 7) is 4.65. The minimum absolute atomic E-state index is 0.0691. The molecule has 0 aliphatic rings. The van der Waals surface area contributed by atoms with E-state index in [4.69, 9.17) is 0 Å². The molecule has 3 aromatic carbocycles. The summed E-state index contributed by atoms with van der Waals surface area (Å²) in [5, 5.41) is 21.9. The molecule has 0 aliphatic carbocycles. The molecule has 0 aliphatic heterocycles. The van der Waals surface area contributed by atoms with Crippen LogP contribution in [0, 0.1) is 35.3 Å². The smallest absolute Gasteiger partial charge is 0.269 e. The Kier molecular flexibility index (Phi) is 5.19. The van der Waals surface area contributed by atoms with E-state index >= 15 is 0 Å². The Morgan fingerprint density at radius 3 is 2.62 bits per heavy atom. The topological polar surface area (TPSA) is 101 Å². The molecule has 2 heterocycles. The summed E-state index contributed by atoms with van der Waals surface area (Å²) < 4.78 is 2.09. The molecule has 0 saturated carbocycles. The van der Waals surface area contributed by atoms with Gasteiger partial charge in [-0.25, -0.2) is 4.98 Å². The van der Waals surface area contributed by atoms with Gasteiger partial charge in [0.2, 0.25) is 0 Å². The van der Waals surface area contributed by atoms with Crippen molar-refractivity contribution < 1.29 is 4.92 Å². The molecule has 0 radical (unpaired) electrons. The van der Waals surface area contributed by atoms with Crippen molar-refractivity contribution in [3.63, 3.8) is 0 Å². The zero-order chi connectivity index (χ0) is 23.8. The molecule has 5 aromatic rings. The minimum Gasteiger partial charge on any atom is -0.342 e. The van der Waals surface area contributed by atoms with Gasteiger partial charge in [-0.2, -0.15) is 5.26 Å². The van der Waals surface area contributed by atoms with E-state index in [9.17, 15) is 15.4 Å². The lowest BCUT2D eigenvalue weighted by Crippen LogP contribution is -1.98. The van der Waals surface area contributed by atoms with Crippen molar-refractivity contribution in [2.75, 3.05) is 0 Å². The average Bonchev–Trinajstić information content (AvgIpc) is 3.39. The van der Waals surface area contributed by atoms with Crippen molar-refractivity contribution >= 4 is 39.3 Å². The van der Waals surface area contributed by atoms with E-state index in [0.29, 0.717) is 17.9 Å². The van der Waals surface area contributed by atoms with Gasteiger partial charge >= 0.3 is 0 Å². The van der Waals surface area contributed by atoms with Crippen molar-refractivity contribution in [3.8, 4) is 6.07 Å². The maximum atomic E-state index is 10.9. The van der Waals surface area contributed by atoms with Gasteiger partial charge in [-0.15, -0.1) is 0 Å². The molecule has 0 spiro atoms. The predicted octanol–water partition coefficient (Wildman–Crippen LogP) is 6.16. The molecule has 0 amide bonds. The standard InChI is InChI=1S/C27H21N5O2/c1-17-11-24-25(12-18(17)2)30-27(29-24)20(14-28)13-21-16-31(26-6-4-3-5-23(21)26)15-19-7-9-22(10-8-19)32(33)34/h3-13,16H,15H2,1-2H3,(H,29,30). The number of nitrogens with zero attached hydrogens (tertiary/aromatic N) is 4. The number of imidazole rings is 1. The van der Waals surface area contributed by atoms with Crippen molar-refractivity contribution in [2.24, 2.45) is 0 Å². The number of aryl methyl sites for hydroxylation is 2. The van der Waals surface area contributed by atoms with Crippen LogP contribution in [0.25, 0.3) is 33.6 Å². The molecule has 0 saturated heterocycles. The van der Waals surface area contributed by atoms with Crippen LogP contribution >= 0.6 is 0 Å². The van der Waals surface area contributed by atoms with Gasteiger partial charge in [-0.05, 0) is 54.8 Å². The highest BCUT2D eigenvalue weighted by atomic mass is 16.6. The van der Waals surface area contributed by atoms with Crippen LogP contribution in [0.15, 0.2) is 66.9 Å². The summed E-state index contributed by atoms with van der Waals surface area (Å²) in [5.74, 6) is 0.537. The third-order valence-electron chi connectivity index (χ3n) is 6.09. The maximum absolute atomic E-state index is 10.9. The van der Waals surface area contributed by atoms with Crippen molar-refractivity contribution in [3.05, 3.63) is 105 Å². The molecule has 0 bridgehead atoms. The summed E-state index contributed by atoms with van der Waals surface area (Å²) in [6, 6.07) is 20.9. The number of nitriles is 1. The number of H-pyrrole nitrogens is 1. The Bertz CT molecular complexity index is 1590. The van der Waals surface area contributed by atoms with Gasteiger partial charge in [0.15, 0.2) is 0 Å². The van der Waals surface area contributed by atoms with Crippen molar-refractivity contribution in [1.82, 2.24) is 14.5 Å². The Balaban J connectivity index is 1.55. The first-order chi connectivity index (χ1) is 16.4. The monoisotopic (exact) mass is 447 g/mol. The van der Waals surface area contributed by atoms with E-state index in [1.54, 1.807) is 12.1 Å². The molecule has 0 fully saturated rings. The number of aromatic amines is 1. The molecular weight excluding hydrogens is 426 g/mol. The number of aromatic nitrogens is 3. The number of non-ortho nitro benzene ring substituents is 1. The number of benzene rings is 3. The molecule has 0 atom stereocenters. The quantitative estimate of drug-likeness (QED) is 0.198. The van der Waals surface area contributed by atoms with Crippen LogP contribution in [0.2, 0.25) is 0 Å². The van der Waals surface area contributed by atoms with Crippen LogP contribution in [-0.2, 0) is 6.54 Å². The highest BCUT2D eigenvalue weighted by Crippen LogP contribution is 2.28. The third-order valence-corrected chi connectivity index (χ3v) is 6.09. The first-order valence-electron chi connectivity index (χ1n) is 10.8. The van der Waals surface area contributed by atoms with E-state index in [1.807, 2.05) is 55.6 Å². The van der Waals surface area contributed by atoms with Crippen molar-refractivity contribution in [1.29, 1.82) is 5.26 Å². The number of para-hydroxylation sites is 1. The molecule has 1 N–H and O–H groups in total. The molecule has 166 valence electrons. The Morgan fingerprint density at radius 2 is 1.88 bits per heavy atom. The fourth-order valence-corrected chi connectivity index (χ4v) is 4.15. The first kappa shape index (κ1) is 21.2. The molecule has 2 aromatic heterocycles. The molecular formula is C27H21N5O2. The number of nitrogens with one attached hydrogen (secondary N) is 1. The number of hydrogen-bond acceptors (Lipinski definition) is 4. The fraction of sp³-hybridized carbons (Fsp3) is 0.111. The molecule has 7 nitrogen and oxygen atoms in total. The van der Waals surface area contributed by atoms with Gasteiger partial charge in [0.1, 0.15) is 11.9 Å². The number of nitro groups is 1. The van der Waals surface area contributed by atoms with Gasteiger partial charge in [0.25, 0.3) is 5.69 Å². The zero-order valence-electron chi connectivity index (χ0n) is 18.7. The largest absolute Gasteiger partial charge is 0.342 e. The lowest BCUT2D eigenvalue weighted by atomic mass is 10.1. The molecule has 0 unspecified atom stereocenters. The summed E-state index contributed by atoms with van der Waals surface area (Å²) in [6.07, 6.45) is 3.85. The van der Waals surface area contributed by atoms with Gasteiger partial charge < -0.3 is 9.55 Å². The molecule has 5 rings (SSSR count). The van der Waals surface area contributed by atoms with Crippen LogP contribution in [0.4, 0.5) is 5.69 Å². The number of allylic oxidation sites excluding steroid dienone is 1. The number of fused-ring (bicyclic) bond motifs is 2. The van der Waals surface area contributed by atoms with Crippen LogP contribution in [0.5, 0.6) is 0 Å². The normalized spacial score (nSPS) is 11.7. The average molecular weight is 447 g/mol. The Hall–Kier alpha value is -4.70. The Labute approximate surface area is 195 Å². The maximum Gasteiger partial charge on any atom is 0.269 e. The van der Waals surface area contributed by atoms with Gasteiger partial charge in [0, 0.05) is 41.3 Å². The second-order valence-electron chi connectivity index (χ2n) is 8.36. The minimum atomic E-state index is -0.401. The van der Waals surface area contributed by atoms with Crippen LogP contribution in [0.3, 0.4) is 0 Å². The summed E-state index contributed by atoms with van der Waals surface area (Å²) >= 11 is 0. The Morgan fingerprint density at radius 1 is 1.15 bits per heavy atom. The van der Waals surface area contributed by atoms with Crippen LogP contribution in [0.1, 0.15) is 28.1 Å². The van der Waals surface area contributed by atoms with E-state index in [0.717, 1.165) is 38.6 Å².